The van der Waals surface area contributed by atoms with E-state index in [1.807, 2.05) is 30.3 Å². The predicted octanol–water partition coefficient (Wildman–Crippen LogP) is 1.71. The van der Waals surface area contributed by atoms with Gasteiger partial charge in [0.2, 0.25) is 15.9 Å². The lowest BCUT2D eigenvalue weighted by atomic mass is 10.0. The Morgan fingerprint density at radius 3 is 2.59 bits per heavy atom. The second-order valence-corrected chi connectivity index (χ2v) is 8.09. The minimum atomic E-state index is -3.42. The Morgan fingerprint density at radius 2 is 2.00 bits per heavy atom. The van der Waals surface area contributed by atoms with Crippen LogP contribution in [0.4, 0.5) is 0 Å². The number of piperidine rings is 1. The third kappa shape index (κ3) is 4.81. The highest BCUT2D eigenvalue weighted by Gasteiger charge is 2.26. The number of benzene rings is 1. The van der Waals surface area contributed by atoms with Gasteiger partial charge in [-0.05, 0) is 24.3 Å². The van der Waals surface area contributed by atoms with Crippen molar-refractivity contribution in [3.05, 3.63) is 35.9 Å². The molecule has 22 heavy (non-hydrogen) atoms. The van der Waals surface area contributed by atoms with E-state index in [-0.39, 0.29) is 19.0 Å². The van der Waals surface area contributed by atoms with Crippen molar-refractivity contribution in [2.75, 3.05) is 25.9 Å². The molecule has 0 aliphatic carbocycles. The molecule has 1 heterocycles. The minimum Gasteiger partial charge on any atom is -0.341 e. The Morgan fingerprint density at radius 1 is 1.32 bits per heavy atom. The quantitative estimate of drug-likeness (QED) is 0.828. The van der Waals surface area contributed by atoms with Crippen molar-refractivity contribution < 1.29 is 13.2 Å². The first-order valence-corrected chi connectivity index (χ1v) is 9.48. The highest BCUT2D eigenvalue weighted by atomic mass is 32.2. The molecule has 1 atom stereocenters. The largest absolute Gasteiger partial charge is 0.341 e. The molecule has 0 radical (unpaired) electrons. The van der Waals surface area contributed by atoms with Gasteiger partial charge in [0, 0.05) is 19.6 Å². The van der Waals surface area contributed by atoms with Gasteiger partial charge in [-0.25, -0.2) is 8.42 Å². The maximum absolute atomic E-state index is 12.4. The number of rotatable bonds is 5. The summed E-state index contributed by atoms with van der Waals surface area (Å²) in [6.45, 7) is 3.72. The highest BCUT2D eigenvalue weighted by Crippen LogP contribution is 2.16. The Hall–Kier alpha value is -1.40. The van der Waals surface area contributed by atoms with Gasteiger partial charge in [-0.15, -0.1) is 0 Å². The first-order valence-electron chi connectivity index (χ1n) is 7.63. The van der Waals surface area contributed by atoms with E-state index in [0.29, 0.717) is 5.92 Å². The molecule has 5 nitrogen and oxygen atoms in total. The summed E-state index contributed by atoms with van der Waals surface area (Å²) in [6.07, 6.45) is 3.27. The molecule has 1 fully saturated rings. The van der Waals surface area contributed by atoms with Crippen LogP contribution in [0.1, 0.15) is 25.3 Å². The molecule has 122 valence electrons. The van der Waals surface area contributed by atoms with Gasteiger partial charge in [0.15, 0.2) is 0 Å². The maximum Gasteiger partial charge on any atom is 0.237 e. The summed E-state index contributed by atoms with van der Waals surface area (Å²) in [7, 11) is -3.42. The molecule has 1 aliphatic heterocycles. The predicted molar refractivity (Wildman–Crippen MR) is 86.7 cm³/mol. The average molecular weight is 324 g/mol. The van der Waals surface area contributed by atoms with Crippen molar-refractivity contribution in [1.82, 2.24) is 9.21 Å². The van der Waals surface area contributed by atoms with E-state index in [1.165, 1.54) is 4.31 Å². The molecule has 2 rings (SSSR count). The monoisotopic (exact) mass is 324 g/mol. The molecular formula is C16H24N2O3S. The fourth-order valence-electron chi connectivity index (χ4n) is 2.74. The lowest BCUT2D eigenvalue weighted by Crippen LogP contribution is -2.45. The molecule has 0 saturated carbocycles. The molecule has 0 bridgehead atoms. The van der Waals surface area contributed by atoms with Gasteiger partial charge in [-0.2, -0.15) is 4.31 Å². The third-order valence-electron chi connectivity index (χ3n) is 3.99. The lowest BCUT2D eigenvalue weighted by Gasteiger charge is -2.32. The Labute approximate surface area is 133 Å². The second-order valence-electron chi connectivity index (χ2n) is 6.10. The van der Waals surface area contributed by atoms with Crippen molar-refractivity contribution in [3.8, 4) is 0 Å². The number of likely N-dealkylation sites (tertiary alicyclic amines) is 1. The molecular weight excluding hydrogens is 300 g/mol. The maximum atomic E-state index is 12.4. The van der Waals surface area contributed by atoms with E-state index in [2.05, 4.69) is 6.92 Å². The van der Waals surface area contributed by atoms with Gasteiger partial charge in [-0.3, -0.25) is 4.79 Å². The fraction of sp³-hybridized carbons (Fsp3) is 0.562. The number of carbonyl (C=O) groups is 1. The van der Waals surface area contributed by atoms with Gasteiger partial charge in [0.25, 0.3) is 0 Å². The Kier molecular flexibility index (Phi) is 5.58. The molecule has 1 aromatic rings. The molecule has 0 N–H and O–H groups in total. The summed E-state index contributed by atoms with van der Waals surface area (Å²) in [5, 5.41) is 0. The zero-order valence-corrected chi connectivity index (χ0v) is 14.1. The van der Waals surface area contributed by atoms with Crippen molar-refractivity contribution >= 4 is 15.9 Å². The summed E-state index contributed by atoms with van der Waals surface area (Å²) in [5.74, 6) is 0.381. The normalized spacial score (nSPS) is 19.4. The van der Waals surface area contributed by atoms with E-state index < -0.39 is 10.0 Å². The molecule has 1 aliphatic rings. The summed E-state index contributed by atoms with van der Waals surface area (Å²) in [5.41, 5.74) is 0.882. The van der Waals surface area contributed by atoms with Gasteiger partial charge in [0.1, 0.15) is 0 Å². The van der Waals surface area contributed by atoms with Gasteiger partial charge >= 0.3 is 0 Å². The van der Waals surface area contributed by atoms with E-state index in [1.54, 1.807) is 4.90 Å². The van der Waals surface area contributed by atoms with Crippen LogP contribution in [0.25, 0.3) is 0 Å². The van der Waals surface area contributed by atoms with E-state index in [4.69, 9.17) is 0 Å². The molecule has 1 saturated heterocycles. The highest BCUT2D eigenvalue weighted by molar-refractivity contribution is 7.88. The number of sulfonamides is 1. The molecule has 0 spiro atoms. The van der Waals surface area contributed by atoms with Crippen molar-refractivity contribution in [2.24, 2.45) is 5.92 Å². The molecule has 6 heteroatoms. The van der Waals surface area contributed by atoms with Crippen molar-refractivity contribution in [3.63, 3.8) is 0 Å². The number of hydrogen-bond acceptors (Lipinski definition) is 3. The van der Waals surface area contributed by atoms with Crippen LogP contribution in [0, 0.1) is 5.92 Å². The fourth-order valence-corrected chi connectivity index (χ4v) is 3.47. The first kappa shape index (κ1) is 17.0. The zero-order valence-electron chi connectivity index (χ0n) is 13.2. The standard InChI is InChI=1S/C16H24N2O3S/c1-14-7-6-10-17(11-14)16(19)13-18(22(2,20)21)12-15-8-4-3-5-9-15/h3-5,8-9,14H,6-7,10-13H2,1-2H3/t14-/m1/s1. The van der Waals surface area contributed by atoms with E-state index in [0.717, 1.165) is 37.8 Å². The summed E-state index contributed by atoms with van der Waals surface area (Å²) < 4.78 is 25.2. The van der Waals surface area contributed by atoms with Gasteiger partial charge in [0.05, 0.1) is 12.8 Å². The minimum absolute atomic E-state index is 0.0829. The van der Waals surface area contributed by atoms with Crippen LogP contribution in [0.2, 0.25) is 0 Å². The average Bonchev–Trinajstić information content (AvgIpc) is 2.46. The molecule has 0 aromatic heterocycles. The third-order valence-corrected chi connectivity index (χ3v) is 5.19. The number of nitrogens with zero attached hydrogens (tertiary/aromatic N) is 2. The van der Waals surface area contributed by atoms with Crippen LogP contribution in [0.3, 0.4) is 0 Å². The number of hydrogen-bond donors (Lipinski definition) is 0. The van der Waals surface area contributed by atoms with Crippen molar-refractivity contribution in [1.29, 1.82) is 0 Å². The zero-order chi connectivity index (χ0) is 16.2. The van der Waals surface area contributed by atoms with Crippen LogP contribution in [0.15, 0.2) is 30.3 Å². The molecule has 1 aromatic carbocycles. The topological polar surface area (TPSA) is 57.7 Å². The Balaban J connectivity index is 2.05. The van der Waals surface area contributed by atoms with Crippen LogP contribution in [-0.2, 0) is 21.4 Å². The molecule has 1 amide bonds. The second kappa shape index (κ2) is 7.24. The smallest absolute Gasteiger partial charge is 0.237 e. The number of amides is 1. The van der Waals surface area contributed by atoms with Crippen LogP contribution in [-0.4, -0.2) is 49.4 Å². The lowest BCUT2D eigenvalue weighted by molar-refractivity contribution is -0.133. The van der Waals surface area contributed by atoms with Gasteiger partial charge < -0.3 is 4.90 Å². The summed E-state index contributed by atoms with van der Waals surface area (Å²) >= 11 is 0. The molecule has 0 unspecified atom stereocenters. The Bertz CT molecular complexity index is 601. The van der Waals surface area contributed by atoms with E-state index >= 15 is 0 Å². The van der Waals surface area contributed by atoms with Gasteiger partial charge in [-0.1, -0.05) is 37.3 Å². The first-order chi connectivity index (χ1) is 10.4. The van der Waals surface area contributed by atoms with Crippen LogP contribution >= 0.6 is 0 Å². The van der Waals surface area contributed by atoms with Crippen LogP contribution < -0.4 is 0 Å². The summed E-state index contributed by atoms with van der Waals surface area (Å²) in [6, 6.07) is 9.35. The number of carbonyl (C=O) groups excluding carboxylic acids is 1. The van der Waals surface area contributed by atoms with Crippen LogP contribution in [0.5, 0.6) is 0 Å². The SMILES string of the molecule is C[C@@H]1CCCN(C(=O)CN(Cc2ccccc2)S(C)(=O)=O)C1. The van der Waals surface area contributed by atoms with Crippen molar-refractivity contribution in [2.45, 2.75) is 26.3 Å². The van der Waals surface area contributed by atoms with E-state index in [9.17, 15) is 13.2 Å². The summed E-state index contributed by atoms with van der Waals surface area (Å²) in [4.78, 5) is 14.2.